The minimum Gasteiger partial charge on any atom is -0.494 e. The van der Waals surface area contributed by atoms with Crippen LogP contribution in [-0.4, -0.2) is 12.9 Å². The van der Waals surface area contributed by atoms with Gasteiger partial charge in [0.2, 0.25) is 0 Å². The summed E-state index contributed by atoms with van der Waals surface area (Å²) in [5.41, 5.74) is 0.198. The van der Waals surface area contributed by atoms with E-state index < -0.39 is 11.6 Å². The van der Waals surface area contributed by atoms with E-state index in [9.17, 15) is 13.6 Å². The first kappa shape index (κ1) is 11.6. The van der Waals surface area contributed by atoms with Crippen LogP contribution in [0.25, 0.3) is 0 Å². The van der Waals surface area contributed by atoms with Gasteiger partial charge in [0, 0.05) is 12.5 Å². The number of methoxy groups -OCH3 is 1. The molecular formula is C11H12F2O2. The third kappa shape index (κ3) is 3.01. The fourth-order valence-corrected chi connectivity index (χ4v) is 1.23. The molecule has 0 amide bonds. The molecule has 0 saturated carbocycles. The van der Waals surface area contributed by atoms with E-state index in [-0.39, 0.29) is 29.9 Å². The lowest BCUT2D eigenvalue weighted by atomic mass is 10.1. The van der Waals surface area contributed by atoms with Crippen LogP contribution in [0.15, 0.2) is 12.1 Å². The number of hydrogen-bond acceptors (Lipinski definition) is 2. The van der Waals surface area contributed by atoms with E-state index >= 15 is 0 Å². The summed E-state index contributed by atoms with van der Waals surface area (Å²) < 4.78 is 31.1. The Kier molecular flexibility index (Phi) is 3.77. The molecule has 0 N–H and O–H groups in total. The fraction of sp³-hybridized carbons (Fsp3) is 0.364. The van der Waals surface area contributed by atoms with Crippen molar-refractivity contribution in [2.24, 2.45) is 0 Å². The zero-order valence-electron chi connectivity index (χ0n) is 8.64. The van der Waals surface area contributed by atoms with Crippen LogP contribution >= 0.6 is 0 Å². The molecule has 0 bridgehead atoms. The number of carbonyl (C=O) groups is 1. The topological polar surface area (TPSA) is 26.3 Å². The Labute approximate surface area is 86.9 Å². The monoisotopic (exact) mass is 214 g/mol. The van der Waals surface area contributed by atoms with Crippen LogP contribution in [0, 0.1) is 11.6 Å². The van der Waals surface area contributed by atoms with Gasteiger partial charge in [-0.3, -0.25) is 0 Å². The zero-order valence-corrected chi connectivity index (χ0v) is 8.64. The Morgan fingerprint density at radius 3 is 2.53 bits per heavy atom. The maximum Gasteiger partial charge on any atom is 0.165 e. The number of ketones is 1. The molecule has 1 aromatic rings. The third-order valence-electron chi connectivity index (χ3n) is 2.07. The molecule has 0 aliphatic heterocycles. The van der Waals surface area contributed by atoms with Crippen molar-refractivity contribution in [3.63, 3.8) is 0 Å². The van der Waals surface area contributed by atoms with E-state index in [1.54, 1.807) is 0 Å². The number of ether oxygens (including phenoxy) is 1. The molecule has 4 heteroatoms. The minimum absolute atomic E-state index is 0.0503. The molecule has 0 saturated heterocycles. The smallest absolute Gasteiger partial charge is 0.165 e. The van der Waals surface area contributed by atoms with Crippen LogP contribution in [0.3, 0.4) is 0 Å². The predicted octanol–water partition coefficient (Wildman–Crippen LogP) is 2.50. The predicted molar refractivity (Wildman–Crippen MR) is 51.9 cm³/mol. The van der Waals surface area contributed by atoms with Crippen molar-refractivity contribution in [1.82, 2.24) is 0 Å². The highest BCUT2D eigenvalue weighted by Crippen LogP contribution is 2.22. The summed E-state index contributed by atoms with van der Waals surface area (Å²) in [5.74, 6) is -1.34. The summed E-state index contributed by atoms with van der Waals surface area (Å²) in [6.45, 7) is 1.41. The average Bonchev–Trinajstić information content (AvgIpc) is 2.18. The van der Waals surface area contributed by atoms with Crippen LogP contribution in [0.1, 0.15) is 18.9 Å². The molecule has 1 aromatic carbocycles. The minimum atomic E-state index is -0.613. The maximum atomic E-state index is 13.3. The van der Waals surface area contributed by atoms with Crippen LogP contribution in [0.2, 0.25) is 0 Å². The molecule has 0 atom stereocenters. The van der Waals surface area contributed by atoms with Crippen molar-refractivity contribution < 1.29 is 18.3 Å². The molecule has 15 heavy (non-hydrogen) atoms. The number of carbonyl (C=O) groups excluding carboxylic acids is 1. The quantitative estimate of drug-likeness (QED) is 0.769. The maximum absolute atomic E-state index is 13.3. The zero-order chi connectivity index (χ0) is 11.4. The number of halogens is 2. The molecule has 0 fully saturated rings. The third-order valence-corrected chi connectivity index (χ3v) is 2.07. The van der Waals surface area contributed by atoms with Crippen LogP contribution in [-0.2, 0) is 11.2 Å². The molecule has 0 radical (unpaired) electrons. The van der Waals surface area contributed by atoms with Gasteiger partial charge in [0.25, 0.3) is 0 Å². The van der Waals surface area contributed by atoms with E-state index in [0.29, 0.717) is 0 Å². The molecule has 1 rings (SSSR count). The second-order valence-electron chi connectivity index (χ2n) is 3.28. The first-order chi connectivity index (χ1) is 7.04. The van der Waals surface area contributed by atoms with Gasteiger partial charge >= 0.3 is 0 Å². The number of aryl methyl sites for hydroxylation is 1. The molecule has 0 unspecified atom stereocenters. The molecule has 2 nitrogen and oxygen atoms in total. The lowest BCUT2D eigenvalue weighted by Crippen LogP contribution is -1.99. The summed E-state index contributed by atoms with van der Waals surface area (Å²) in [5, 5.41) is 0. The SMILES string of the molecule is COc1cc(F)c(CCC(C)=O)cc1F. The molecule has 0 heterocycles. The number of rotatable bonds is 4. The van der Waals surface area contributed by atoms with E-state index in [4.69, 9.17) is 0 Å². The number of benzene rings is 1. The van der Waals surface area contributed by atoms with Gasteiger partial charge in [0.1, 0.15) is 11.6 Å². The lowest BCUT2D eigenvalue weighted by Gasteiger charge is -2.06. The van der Waals surface area contributed by atoms with Crippen LogP contribution in [0.5, 0.6) is 5.75 Å². The fourth-order valence-electron chi connectivity index (χ4n) is 1.23. The van der Waals surface area contributed by atoms with Gasteiger partial charge in [-0.05, 0) is 25.0 Å². The Hall–Kier alpha value is -1.45. The van der Waals surface area contributed by atoms with E-state index in [1.165, 1.54) is 14.0 Å². The lowest BCUT2D eigenvalue weighted by molar-refractivity contribution is -0.116. The summed E-state index contributed by atoms with van der Waals surface area (Å²) in [6, 6.07) is 2.06. The van der Waals surface area contributed by atoms with Crippen molar-refractivity contribution in [2.75, 3.05) is 7.11 Å². The van der Waals surface area contributed by atoms with Gasteiger partial charge in [-0.15, -0.1) is 0 Å². The first-order valence-corrected chi connectivity index (χ1v) is 4.56. The summed E-state index contributed by atoms with van der Waals surface area (Å²) >= 11 is 0. The average molecular weight is 214 g/mol. The molecule has 0 aliphatic carbocycles. The first-order valence-electron chi connectivity index (χ1n) is 4.56. The molecule has 0 aromatic heterocycles. The standard InChI is InChI=1S/C11H12F2O2/c1-7(14)3-4-8-5-10(13)11(15-2)6-9(8)12/h5-6H,3-4H2,1-2H3. The van der Waals surface area contributed by atoms with Crippen molar-refractivity contribution in [3.8, 4) is 5.75 Å². The highest BCUT2D eigenvalue weighted by atomic mass is 19.1. The molecule has 0 spiro atoms. The summed E-state index contributed by atoms with van der Waals surface area (Å²) in [4.78, 5) is 10.7. The summed E-state index contributed by atoms with van der Waals surface area (Å²) in [7, 11) is 1.27. The van der Waals surface area contributed by atoms with Gasteiger partial charge in [0.05, 0.1) is 7.11 Å². The highest BCUT2D eigenvalue weighted by Gasteiger charge is 2.10. The Morgan fingerprint density at radius 2 is 2.00 bits per heavy atom. The van der Waals surface area contributed by atoms with Gasteiger partial charge in [-0.1, -0.05) is 0 Å². The Morgan fingerprint density at radius 1 is 1.33 bits per heavy atom. The van der Waals surface area contributed by atoms with Crippen molar-refractivity contribution in [2.45, 2.75) is 19.8 Å². The van der Waals surface area contributed by atoms with Crippen molar-refractivity contribution in [1.29, 1.82) is 0 Å². The van der Waals surface area contributed by atoms with E-state index in [2.05, 4.69) is 4.74 Å². The number of hydrogen-bond donors (Lipinski definition) is 0. The van der Waals surface area contributed by atoms with Crippen molar-refractivity contribution in [3.05, 3.63) is 29.3 Å². The Bertz CT molecular complexity index is 375. The van der Waals surface area contributed by atoms with Crippen LogP contribution < -0.4 is 4.74 Å². The van der Waals surface area contributed by atoms with Gasteiger partial charge < -0.3 is 9.53 Å². The highest BCUT2D eigenvalue weighted by molar-refractivity contribution is 5.75. The molecule has 0 aliphatic rings. The van der Waals surface area contributed by atoms with Gasteiger partial charge in [-0.25, -0.2) is 8.78 Å². The number of Topliss-reactive ketones (excluding diaryl/α,β-unsaturated/α-hetero) is 1. The largest absolute Gasteiger partial charge is 0.494 e. The molecular weight excluding hydrogens is 202 g/mol. The second-order valence-corrected chi connectivity index (χ2v) is 3.28. The molecule has 82 valence electrons. The summed E-state index contributed by atoms with van der Waals surface area (Å²) in [6.07, 6.45) is 0.421. The van der Waals surface area contributed by atoms with Crippen molar-refractivity contribution >= 4 is 5.78 Å². The Balaban J connectivity index is 2.90. The van der Waals surface area contributed by atoms with E-state index in [0.717, 1.165) is 12.1 Å². The normalized spacial score (nSPS) is 10.1. The van der Waals surface area contributed by atoms with Gasteiger partial charge in [0.15, 0.2) is 11.6 Å². The second kappa shape index (κ2) is 4.87. The van der Waals surface area contributed by atoms with Crippen LogP contribution in [0.4, 0.5) is 8.78 Å². The van der Waals surface area contributed by atoms with Gasteiger partial charge in [-0.2, -0.15) is 0 Å². The van der Waals surface area contributed by atoms with E-state index in [1.807, 2.05) is 0 Å².